The van der Waals surface area contributed by atoms with E-state index in [1.807, 2.05) is 36.4 Å². The van der Waals surface area contributed by atoms with Crippen LogP contribution in [-0.4, -0.2) is 30.5 Å². The highest BCUT2D eigenvalue weighted by Crippen LogP contribution is 2.34. The van der Waals surface area contributed by atoms with Gasteiger partial charge in [0.15, 0.2) is 0 Å². The number of esters is 1. The van der Waals surface area contributed by atoms with E-state index in [-0.39, 0.29) is 24.3 Å². The Bertz CT molecular complexity index is 525. The van der Waals surface area contributed by atoms with Crippen LogP contribution in [-0.2, 0) is 19.2 Å². The number of ether oxygens (including phenoxy) is 2. The van der Waals surface area contributed by atoms with Gasteiger partial charge < -0.3 is 9.47 Å². The first-order valence-electron chi connectivity index (χ1n) is 7.91. The van der Waals surface area contributed by atoms with Crippen molar-refractivity contribution in [3.05, 3.63) is 47.5 Å². The molecule has 1 aromatic carbocycles. The number of carbonyl (C=O) groups excluding carboxylic acids is 1. The van der Waals surface area contributed by atoms with E-state index >= 15 is 0 Å². The van der Waals surface area contributed by atoms with Crippen LogP contribution in [0, 0.1) is 0 Å². The Morgan fingerprint density at radius 1 is 1.35 bits per heavy atom. The zero-order valence-electron chi connectivity index (χ0n) is 13.6. The van der Waals surface area contributed by atoms with Gasteiger partial charge >= 0.3 is 5.97 Å². The lowest BCUT2D eigenvalue weighted by Crippen LogP contribution is -2.37. The largest absolute Gasteiger partial charge is 0.466 e. The number of rotatable bonds is 6. The van der Waals surface area contributed by atoms with Gasteiger partial charge in [0.1, 0.15) is 6.10 Å². The van der Waals surface area contributed by atoms with Crippen LogP contribution in [0.1, 0.15) is 44.3 Å². The van der Waals surface area contributed by atoms with Crippen molar-refractivity contribution in [3.63, 3.8) is 0 Å². The van der Waals surface area contributed by atoms with Gasteiger partial charge in [-0.3, -0.25) is 5.26 Å². The predicted molar refractivity (Wildman–Crippen MR) is 85.8 cm³/mol. The Morgan fingerprint density at radius 3 is 2.74 bits per heavy atom. The molecule has 1 N–H and O–H groups in total. The Kier molecular flexibility index (Phi) is 6.77. The van der Waals surface area contributed by atoms with Crippen LogP contribution in [0.3, 0.4) is 0 Å². The molecule has 23 heavy (non-hydrogen) atoms. The molecule has 1 aliphatic rings. The van der Waals surface area contributed by atoms with Crippen LogP contribution in [0.2, 0.25) is 0 Å². The average Bonchev–Trinajstić information content (AvgIpc) is 2.61. The highest BCUT2D eigenvalue weighted by atomic mass is 17.1. The molecule has 0 aromatic heterocycles. The number of hydrogen-bond donors (Lipinski definition) is 1. The summed E-state index contributed by atoms with van der Waals surface area (Å²) >= 11 is 0. The maximum atomic E-state index is 11.4. The van der Waals surface area contributed by atoms with Crippen molar-refractivity contribution in [3.8, 4) is 0 Å². The third-order valence-corrected chi connectivity index (χ3v) is 4.18. The van der Waals surface area contributed by atoms with E-state index in [2.05, 4.69) is 9.62 Å². The quantitative estimate of drug-likeness (QED) is 0.375. The lowest BCUT2D eigenvalue weighted by Gasteiger charge is -2.35. The van der Waals surface area contributed by atoms with Gasteiger partial charge in [0.05, 0.1) is 19.3 Å². The van der Waals surface area contributed by atoms with Crippen LogP contribution in [0.25, 0.3) is 0 Å². The summed E-state index contributed by atoms with van der Waals surface area (Å²) in [5.41, 5.74) is 1.71. The predicted octanol–water partition coefficient (Wildman–Crippen LogP) is 3.66. The average molecular weight is 320 g/mol. The molecule has 3 atom stereocenters. The molecule has 0 saturated carbocycles. The summed E-state index contributed by atoms with van der Waals surface area (Å²) in [6.07, 6.45) is 4.18. The zero-order valence-corrected chi connectivity index (χ0v) is 13.6. The summed E-state index contributed by atoms with van der Waals surface area (Å²) in [6, 6.07) is 10.0. The SMILES string of the molecule is COC(=O)/C(C)=C/CC[C@H]1O[C@@H](c2ccccc2)CC[C@@H]1OO. The summed E-state index contributed by atoms with van der Waals surface area (Å²) < 4.78 is 10.8. The van der Waals surface area contributed by atoms with Crippen LogP contribution < -0.4 is 0 Å². The second-order valence-corrected chi connectivity index (χ2v) is 5.75. The molecule has 126 valence electrons. The summed E-state index contributed by atoms with van der Waals surface area (Å²) in [5.74, 6) is -0.327. The van der Waals surface area contributed by atoms with E-state index < -0.39 is 0 Å². The van der Waals surface area contributed by atoms with Crippen molar-refractivity contribution in [1.82, 2.24) is 0 Å². The van der Waals surface area contributed by atoms with Crippen molar-refractivity contribution in [2.75, 3.05) is 7.11 Å². The van der Waals surface area contributed by atoms with Gasteiger partial charge in [0, 0.05) is 5.57 Å². The molecule has 0 bridgehead atoms. The van der Waals surface area contributed by atoms with Crippen molar-refractivity contribution in [2.24, 2.45) is 0 Å². The van der Waals surface area contributed by atoms with Crippen molar-refractivity contribution < 1.29 is 24.4 Å². The second-order valence-electron chi connectivity index (χ2n) is 5.75. The smallest absolute Gasteiger partial charge is 0.333 e. The molecular weight excluding hydrogens is 296 g/mol. The number of allylic oxidation sites excluding steroid dienone is 1. The van der Waals surface area contributed by atoms with Gasteiger partial charge in [0.2, 0.25) is 0 Å². The Morgan fingerprint density at radius 2 is 2.09 bits per heavy atom. The van der Waals surface area contributed by atoms with Crippen LogP contribution in [0.5, 0.6) is 0 Å². The molecule has 1 aliphatic heterocycles. The van der Waals surface area contributed by atoms with Gasteiger partial charge in [-0.15, -0.1) is 0 Å². The maximum absolute atomic E-state index is 11.4. The molecule has 0 spiro atoms. The van der Waals surface area contributed by atoms with Crippen LogP contribution >= 0.6 is 0 Å². The molecule has 1 heterocycles. The normalized spacial score (nSPS) is 25.2. The first kappa shape index (κ1) is 17.7. The molecule has 1 fully saturated rings. The number of carbonyl (C=O) groups is 1. The summed E-state index contributed by atoms with van der Waals surface area (Å²) in [5, 5.41) is 9.08. The van der Waals surface area contributed by atoms with E-state index in [1.165, 1.54) is 7.11 Å². The maximum Gasteiger partial charge on any atom is 0.333 e. The number of benzene rings is 1. The molecule has 0 aliphatic carbocycles. The minimum atomic E-state index is -0.332. The van der Waals surface area contributed by atoms with E-state index in [9.17, 15) is 4.79 Å². The Balaban J connectivity index is 1.95. The van der Waals surface area contributed by atoms with Crippen LogP contribution in [0.15, 0.2) is 42.0 Å². The van der Waals surface area contributed by atoms with Crippen molar-refractivity contribution >= 4 is 5.97 Å². The van der Waals surface area contributed by atoms with Crippen molar-refractivity contribution in [1.29, 1.82) is 0 Å². The highest BCUT2D eigenvalue weighted by molar-refractivity contribution is 5.87. The second kappa shape index (κ2) is 8.82. The molecule has 0 radical (unpaired) electrons. The summed E-state index contributed by atoms with van der Waals surface area (Å²) in [6.45, 7) is 1.72. The fourth-order valence-electron chi connectivity index (χ4n) is 2.86. The highest BCUT2D eigenvalue weighted by Gasteiger charge is 2.32. The number of hydrogen-bond acceptors (Lipinski definition) is 5. The lowest BCUT2D eigenvalue weighted by atomic mass is 9.94. The standard InChI is InChI=1S/C18H24O5/c1-13(18(19)21-2)7-6-10-16-17(23-20)12-11-15(22-16)14-8-4-3-5-9-14/h3-5,7-9,15-17,20H,6,10-12H2,1-2H3/b13-7+/t15-,16-,17+/m1/s1. The van der Waals surface area contributed by atoms with Crippen LogP contribution in [0.4, 0.5) is 0 Å². The van der Waals surface area contributed by atoms with Gasteiger partial charge in [-0.25, -0.2) is 9.68 Å². The van der Waals surface area contributed by atoms with E-state index in [0.29, 0.717) is 18.4 Å². The topological polar surface area (TPSA) is 65.0 Å². The van der Waals surface area contributed by atoms with Gasteiger partial charge in [-0.1, -0.05) is 36.4 Å². The third kappa shape index (κ3) is 4.89. The molecule has 0 amide bonds. The Hall–Kier alpha value is -1.69. The molecular formula is C18H24O5. The first-order valence-corrected chi connectivity index (χ1v) is 7.91. The molecule has 1 aromatic rings. The molecule has 0 unspecified atom stereocenters. The minimum absolute atomic E-state index is 0.0123. The molecule has 5 nitrogen and oxygen atoms in total. The van der Waals surface area contributed by atoms with E-state index in [0.717, 1.165) is 18.4 Å². The van der Waals surface area contributed by atoms with Gasteiger partial charge in [0.25, 0.3) is 0 Å². The number of methoxy groups -OCH3 is 1. The Labute approximate surface area is 136 Å². The zero-order chi connectivity index (χ0) is 16.7. The fraction of sp³-hybridized carbons (Fsp3) is 0.500. The van der Waals surface area contributed by atoms with E-state index in [4.69, 9.17) is 9.99 Å². The summed E-state index contributed by atoms with van der Waals surface area (Å²) in [4.78, 5) is 15.9. The third-order valence-electron chi connectivity index (χ3n) is 4.18. The van der Waals surface area contributed by atoms with E-state index in [1.54, 1.807) is 6.92 Å². The van der Waals surface area contributed by atoms with Crippen molar-refractivity contribution in [2.45, 2.75) is 50.9 Å². The summed E-state index contributed by atoms with van der Waals surface area (Å²) in [7, 11) is 1.37. The fourth-order valence-corrected chi connectivity index (χ4v) is 2.86. The first-order chi connectivity index (χ1) is 11.2. The lowest BCUT2D eigenvalue weighted by molar-refractivity contribution is -0.316. The molecule has 2 rings (SSSR count). The molecule has 5 heteroatoms. The monoisotopic (exact) mass is 320 g/mol. The minimum Gasteiger partial charge on any atom is -0.466 e. The molecule has 1 saturated heterocycles. The van der Waals surface area contributed by atoms with Gasteiger partial charge in [-0.2, -0.15) is 0 Å². The van der Waals surface area contributed by atoms with Gasteiger partial charge in [-0.05, 0) is 38.2 Å².